The minimum atomic E-state index is 0.173. The van der Waals surface area contributed by atoms with E-state index >= 15 is 0 Å². The highest BCUT2D eigenvalue weighted by Crippen LogP contribution is 2.29. The molecule has 0 saturated carbocycles. The van der Waals surface area contributed by atoms with E-state index in [-0.39, 0.29) is 5.84 Å². The molecule has 0 aromatic heterocycles. The number of amidine groups is 1. The molecule has 1 atom stereocenters. The van der Waals surface area contributed by atoms with Crippen LogP contribution in [0, 0.1) is 5.92 Å². The van der Waals surface area contributed by atoms with Crippen LogP contribution in [0.25, 0.3) is 0 Å². The topological polar surface area (TPSA) is 61.8 Å². The average molecular weight is 354 g/mol. The summed E-state index contributed by atoms with van der Waals surface area (Å²) in [5.74, 6) is 1.01. The van der Waals surface area contributed by atoms with Crippen molar-refractivity contribution < 1.29 is 5.21 Å². The zero-order valence-electron chi connectivity index (χ0n) is 12.6. The standard InChI is InChI=1S/C16H24BrN3O/c1-2-4-12-5-3-9-20(10-8-12)15-11-13(17)6-7-14(15)16(18)19-21/h6-7,11-12,21H,2-5,8-10H2,1H3,(H2,18,19). The van der Waals surface area contributed by atoms with Crippen molar-refractivity contribution in [3.05, 3.63) is 28.2 Å². The molecule has 3 N–H and O–H groups in total. The van der Waals surface area contributed by atoms with E-state index in [1.165, 1.54) is 32.1 Å². The summed E-state index contributed by atoms with van der Waals surface area (Å²) in [6.07, 6.45) is 6.30. The van der Waals surface area contributed by atoms with Gasteiger partial charge in [-0.2, -0.15) is 0 Å². The molecule has 0 aliphatic carbocycles. The zero-order valence-corrected chi connectivity index (χ0v) is 14.1. The number of halogens is 1. The van der Waals surface area contributed by atoms with Crippen molar-refractivity contribution in [2.45, 2.75) is 39.0 Å². The van der Waals surface area contributed by atoms with Gasteiger partial charge in [0.2, 0.25) is 0 Å². The molecule has 1 aromatic carbocycles. The largest absolute Gasteiger partial charge is 0.409 e. The van der Waals surface area contributed by atoms with Gasteiger partial charge in [0.05, 0.1) is 0 Å². The molecule has 1 aliphatic heterocycles. The molecule has 1 saturated heterocycles. The molecule has 1 aliphatic rings. The van der Waals surface area contributed by atoms with E-state index < -0.39 is 0 Å². The number of hydrogen-bond donors (Lipinski definition) is 2. The van der Waals surface area contributed by atoms with Gasteiger partial charge >= 0.3 is 0 Å². The lowest BCUT2D eigenvalue weighted by molar-refractivity contribution is 0.318. The van der Waals surface area contributed by atoms with Gasteiger partial charge in [0.15, 0.2) is 5.84 Å². The maximum atomic E-state index is 8.98. The number of nitrogens with two attached hydrogens (primary N) is 1. The van der Waals surface area contributed by atoms with Gasteiger partial charge in [-0.1, -0.05) is 40.9 Å². The van der Waals surface area contributed by atoms with Crippen molar-refractivity contribution in [1.82, 2.24) is 0 Å². The minimum Gasteiger partial charge on any atom is -0.409 e. The fourth-order valence-corrected chi connectivity index (χ4v) is 3.49. The first-order valence-corrected chi connectivity index (χ1v) is 8.47. The van der Waals surface area contributed by atoms with Crippen molar-refractivity contribution in [2.24, 2.45) is 16.8 Å². The summed E-state index contributed by atoms with van der Waals surface area (Å²) in [5.41, 5.74) is 7.68. The molecule has 0 bridgehead atoms. The van der Waals surface area contributed by atoms with Crippen LogP contribution >= 0.6 is 15.9 Å². The predicted molar refractivity (Wildman–Crippen MR) is 91.1 cm³/mol. The van der Waals surface area contributed by atoms with Crippen LogP contribution in [0.3, 0.4) is 0 Å². The molecule has 1 unspecified atom stereocenters. The number of nitrogens with zero attached hydrogens (tertiary/aromatic N) is 2. The Labute approximate surface area is 135 Å². The van der Waals surface area contributed by atoms with E-state index in [2.05, 4.69) is 39.0 Å². The van der Waals surface area contributed by atoms with Gasteiger partial charge in [0.1, 0.15) is 0 Å². The molecule has 21 heavy (non-hydrogen) atoms. The lowest BCUT2D eigenvalue weighted by atomic mass is 9.96. The molecule has 2 rings (SSSR count). The quantitative estimate of drug-likeness (QED) is 0.372. The SMILES string of the molecule is CCCC1CCCN(c2cc(Br)ccc2/C(N)=N/O)CC1. The van der Waals surface area contributed by atoms with E-state index in [0.29, 0.717) is 0 Å². The molecule has 5 heteroatoms. The van der Waals surface area contributed by atoms with Crippen molar-refractivity contribution >= 4 is 27.5 Å². The first-order chi connectivity index (χ1) is 10.2. The van der Waals surface area contributed by atoms with E-state index in [0.717, 1.165) is 34.7 Å². The molecular formula is C16H24BrN3O. The summed E-state index contributed by atoms with van der Waals surface area (Å²) in [4.78, 5) is 2.37. The first-order valence-electron chi connectivity index (χ1n) is 7.68. The molecule has 1 heterocycles. The lowest BCUT2D eigenvalue weighted by Crippen LogP contribution is -2.27. The molecule has 1 aromatic rings. The first kappa shape index (κ1) is 16.1. The Kier molecular flexibility index (Phi) is 5.91. The maximum Gasteiger partial charge on any atom is 0.172 e. The van der Waals surface area contributed by atoms with Crippen LogP contribution in [-0.2, 0) is 0 Å². The minimum absolute atomic E-state index is 0.173. The van der Waals surface area contributed by atoms with Gasteiger partial charge in [0.25, 0.3) is 0 Å². The van der Waals surface area contributed by atoms with Gasteiger partial charge in [-0.05, 0) is 43.4 Å². The highest BCUT2D eigenvalue weighted by molar-refractivity contribution is 9.10. The Bertz CT molecular complexity index is 504. The summed E-state index contributed by atoms with van der Waals surface area (Å²) in [6, 6.07) is 5.89. The van der Waals surface area contributed by atoms with Gasteiger partial charge < -0.3 is 15.8 Å². The van der Waals surface area contributed by atoms with Crippen LogP contribution in [-0.4, -0.2) is 24.1 Å². The molecule has 1 fully saturated rings. The third kappa shape index (κ3) is 4.13. The van der Waals surface area contributed by atoms with Crippen LogP contribution in [0.1, 0.15) is 44.6 Å². The van der Waals surface area contributed by atoms with Crippen LogP contribution in [0.4, 0.5) is 5.69 Å². The van der Waals surface area contributed by atoms with E-state index in [1.54, 1.807) is 0 Å². The van der Waals surface area contributed by atoms with Crippen molar-refractivity contribution in [1.29, 1.82) is 0 Å². The van der Waals surface area contributed by atoms with Gasteiger partial charge in [0, 0.05) is 28.8 Å². The Morgan fingerprint density at radius 1 is 1.43 bits per heavy atom. The fourth-order valence-electron chi connectivity index (χ4n) is 3.14. The second-order valence-corrected chi connectivity index (χ2v) is 6.64. The number of oxime groups is 1. The third-order valence-corrected chi connectivity index (χ3v) is 4.72. The van der Waals surface area contributed by atoms with E-state index in [1.807, 2.05) is 12.1 Å². The Morgan fingerprint density at radius 2 is 2.24 bits per heavy atom. The zero-order chi connectivity index (χ0) is 15.2. The summed E-state index contributed by atoms with van der Waals surface area (Å²) < 4.78 is 1.02. The molecule has 0 radical (unpaired) electrons. The van der Waals surface area contributed by atoms with E-state index in [9.17, 15) is 0 Å². The van der Waals surface area contributed by atoms with Crippen LogP contribution < -0.4 is 10.6 Å². The Hall–Kier alpha value is -1.23. The Balaban J connectivity index is 2.22. The smallest absolute Gasteiger partial charge is 0.172 e. The molecular weight excluding hydrogens is 330 g/mol. The third-order valence-electron chi connectivity index (χ3n) is 4.23. The molecule has 4 nitrogen and oxygen atoms in total. The number of hydrogen-bond acceptors (Lipinski definition) is 3. The highest BCUT2D eigenvalue weighted by Gasteiger charge is 2.20. The molecule has 0 spiro atoms. The van der Waals surface area contributed by atoms with Crippen LogP contribution in [0.2, 0.25) is 0 Å². The maximum absolute atomic E-state index is 8.98. The Morgan fingerprint density at radius 3 is 2.95 bits per heavy atom. The second kappa shape index (κ2) is 7.69. The van der Waals surface area contributed by atoms with Crippen molar-refractivity contribution in [2.75, 3.05) is 18.0 Å². The summed E-state index contributed by atoms with van der Waals surface area (Å²) in [6.45, 7) is 4.32. The highest BCUT2D eigenvalue weighted by atomic mass is 79.9. The van der Waals surface area contributed by atoms with Crippen molar-refractivity contribution in [3.8, 4) is 0 Å². The number of benzene rings is 1. The van der Waals surface area contributed by atoms with Crippen LogP contribution in [0.5, 0.6) is 0 Å². The fraction of sp³-hybridized carbons (Fsp3) is 0.562. The van der Waals surface area contributed by atoms with Gasteiger partial charge in [-0.25, -0.2) is 0 Å². The number of anilines is 1. The average Bonchev–Trinajstić information content (AvgIpc) is 2.72. The van der Waals surface area contributed by atoms with Gasteiger partial charge in [-0.15, -0.1) is 0 Å². The number of rotatable bonds is 4. The summed E-state index contributed by atoms with van der Waals surface area (Å²) in [7, 11) is 0. The predicted octanol–water partition coefficient (Wildman–Crippen LogP) is 3.95. The van der Waals surface area contributed by atoms with Gasteiger partial charge in [-0.3, -0.25) is 0 Å². The normalized spacial score (nSPS) is 20.4. The van der Waals surface area contributed by atoms with Crippen molar-refractivity contribution in [3.63, 3.8) is 0 Å². The monoisotopic (exact) mass is 353 g/mol. The second-order valence-electron chi connectivity index (χ2n) is 5.72. The molecule has 116 valence electrons. The summed E-state index contributed by atoms with van der Waals surface area (Å²) >= 11 is 3.52. The lowest BCUT2D eigenvalue weighted by Gasteiger charge is -2.25. The summed E-state index contributed by atoms with van der Waals surface area (Å²) in [5, 5.41) is 12.1. The van der Waals surface area contributed by atoms with Crippen LogP contribution in [0.15, 0.2) is 27.8 Å². The van der Waals surface area contributed by atoms with E-state index in [4.69, 9.17) is 10.9 Å². The molecule has 0 amide bonds.